The van der Waals surface area contributed by atoms with Crippen molar-refractivity contribution >= 4 is 16.4 Å². The molecule has 1 aliphatic rings. The molecule has 1 heterocycles. The van der Waals surface area contributed by atoms with Crippen molar-refractivity contribution in [3.05, 3.63) is 0 Å². The van der Waals surface area contributed by atoms with Crippen LogP contribution in [0.2, 0.25) is 0 Å². The van der Waals surface area contributed by atoms with Gasteiger partial charge in [-0.15, -0.1) is 0 Å². The molecular weight excluding hydrogens is 384 g/mol. The maximum absolute atomic E-state index is 11.7. The zero-order valence-electron chi connectivity index (χ0n) is 17.4. The summed E-state index contributed by atoms with van der Waals surface area (Å²) in [6.45, 7) is 4.35. The van der Waals surface area contributed by atoms with Crippen LogP contribution in [0, 0.1) is 0 Å². The van der Waals surface area contributed by atoms with Gasteiger partial charge in [-0.25, -0.2) is 8.37 Å². The van der Waals surface area contributed by atoms with Gasteiger partial charge in [-0.05, 0) is 26.2 Å². The molecule has 1 rings (SSSR count). The lowest BCUT2D eigenvalue weighted by atomic mass is 9.98. The number of aliphatic hydroxyl groups is 1. The van der Waals surface area contributed by atoms with E-state index in [9.17, 15) is 18.3 Å². The highest BCUT2D eigenvalue weighted by molar-refractivity contribution is 7.82. The van der Waals surface area contributed by atoms with Crippen molar-refractivity contribution in [3.8, 4) is 0 Å². The molecule has 166 valence electrons. The van der Waals surface area contributed by atoms with E-state index in [0.29, 0.717) is 25.9 Å². The van der Waals surface area contributed by atoms with Gasteiger partial charge >= 0.3 is 16.4 Å². The standard InChI is InChI=1S/C20H38O7S/c1-3-5-6-10-13-17(21)16-19-18(26-28(23,24)27-19)14-11-8-7-9-12-15-20(22)25-4-2/h17-19,21H,3-16H2,1-2H3/t17-,18?,19?/m1/s1. The fourth-order valence-corrected chi connectivity index (χ4v) is 4.52. The number of carbonyl (C=O) groups excluding carboxylic acids is 1. The summed E-state index contributed by atoms with van der Waals surface area (Å²) >= 11 is 0. The van der Waals surface area contributed by atoms with E-state index < -0.39 is 28.7 Å². The van der Waals surface area contributed by atoms with Gasteiger partial charge < -0.3 is 9.84 Å². The largest absolute Gasteiger partial charge is 0.466 e. The third-order valence-corrected chi connectivity index (χ3v) is 5.93. The van der Waals surface area contributed by atoms with Crippen LogP contribution in [0.4, 0.5) is 0 Å². The highest BCUT2D eigenvalue weighted by Gasteiger charge is 2.40. The lowest BCUT2D eigenvalue weighted by molar-refractivity contribution is -0.143. The number of aliphatic hydroxyl groups excluding tert-OH is 1. The molecule has 0 bridgehead atoms. The Kier molecular flexibility index (Phi) is 12.9. The first-order chi connectivity index (χ1) is 13.4. The Bertz CT molecular complexity index is 521. The van der Waals surface area contributed by atoms with Gasteiger partial charge in [0, 0.05) is 12.8 Å². The molecule has 1 aliphatic heterocycles. The van der Waals surface area contributed by atoms with Crippen LogP contribution < -0.4 is 0 Å². The Balaban J connectivity index is 2.23. The average molecular weight is 423 g/mol. The van der Waals surface area contributed by atoms with Crippen LogP contribution in [0.25, 0.3) is 0 Å². The highest BCUT2D eigenvalue weighted by Crippen LogP contribution is 2.29. The molecule has 8 heteroatoms. The van der Waals surface area contributed by atoms with Crippen molar-refractivity contribution in [2.75, 3.05) is 6.61 Å². The smallest absolute Gasteiger partial charge is 0.400 e. The van der Waals surface area contributed by atoms with Crippen molar-refractivity contribution in [1.29, 1.82) is 0 Å². The lowest BCUT2D eigenvalue weighted by Gasteiger charge is -2.18. The Labute approximate surface area is 170 Å². The molecule has 0 aromatic heterocycles. The summed E-state index contributed by atoms with van der Waals surface area (Å²) in [4.78, 5) is 11.3. The number of carbonyl (C=O) groups is 1. The van der Waals surface area contributed by atoms with E-state index in [1.54, 1.807) is 6.92 Å². The quantitative estimate of drug-likeness (QED) is 0.296. The van der Waals surface area contributed by atoms with E-state index in [2.05, 4.69) is 6.92 Å². The van der Waals surface area contributed by atoms with Gasteiger partial charge in [0.25, 0.3) is 0 Å². The van der Waals surface area contributed by atoms with Crippen molar-refractivity contribution in [2.45, 2.75) is 116 Å². The van der Waals surface area contributed by atoms with Crippen LogP contribution in [0.15, 0.2) is 0 Å². The van der Waals surface area contributed by atoms with Crippen LogP contribution in [-0.2, 0) is 28.3 Å². The van der Waals surface area contributed by atoms with Crippen LogP contribution in [0.1, 0.15) is 97.3 Å². The van der Waals surface area contributed by atoms with E-state index in [-0.39, 0.29) is 12.4 Å². The predicted molar refractivity (Wildman–Crippen MR) is 107 cm³/mol. The second-order valence-corrected chi connectivity index (χ2v) is 8.73. The first-order valence-electron chi connectivity index (χ1n) is 10.8. The normalized spacial score (nSPS) is 22.2. The summed E-state index contributed by atoms with van der Waals surface area (Å²) in [5, 5.41) is 10.2. The zero-order chi connectivity index (χ0) is 20.8. The van der Waals surface area contributed by atoms with E-state index >= 15 is 0 Å². The summed E-state index contributed by atoms with van der Waals surface area (Å²) in [6, 6.07) is 0. The minimum Gasteiger partial charge on any atom is -0.466 e. The van der Waals surface area contributed by atoms with Crippen molar-refractivity contribution in [2.24, 2.45) is 0 Å². The van der Waals surface area contributed by atoms with Crippen molar-refractivity contribution in [3.63, 3.8) is 0 Å². The van der Waals surface area contributed by atoms with Gasteiger partial charge in [-0.3, -0.25) is 4.79 Å². The lowest BCUT2D eigenvalue weighted by Crippen LogP contribution is -2.27. The van der Waals surface area contributed by atoms with Crippen LogP contribution in [0.3, 0.4) is 0 Å². The molecule has 0 radical (unpaired) electrons. The highest BCUT2D eigenvalue weighted by atomic mass is 32.3. The molecule has 0 amide bonds. The second-order valence-electron chi connectivity index (χ2n) is 7.53. The summed E-state index contributed by atoms with van der Waals surface area (Å²) in [5.41, 5.74) is 0. The maximum atomic E-state index is 11.7. The molecule has 0 aliphatic carbocycles. The van der Waals surface area contributed by atoms with E-state index in [0.717, 1.165) is 57.8 Å². The SMILES string of the molecule is CCCCCC[C@@H](O)CC1OS(=O)(=O)OC1CCCCCCCC(=O)OCC. The van der Waals surface area contributed by atoms with Crippen molar-refractivity contribution in [1.82, 2.24) is 0 Å². The Morgan fingerprint density at radius 3 is 2.32 bits per heavy atom. The summed E-state index contributed by atoms with van der Waals surface area (Å²) in [6.07, 6.45) is 9.09. The first-order valence-corrected chi connectivity index (χ1v) is 12.2. The molecular formula is C20H38O7S. The zero-order valence-corrected chi connectivity index (χ0v) is 18.3. The van der Waals surface area contributed by atoms with E-state index in [1.165, 1.54) is 0 Å². The van der Waals surface area contributed by atoms with E-state index in [1.807, 2.05) is 0 Å². The third kappa shape index (κ3) is 11.3. The summed E-state index contributed by atoms with van der Waals surface area (Å²) < 4.78 is 38.3. The number of unbranched alkanes of at least 4 members (excludes halogenated alkanes) is 7. The topological polar surface area (TPSA) is 99.1 Å². The maximum Gasteiger partial charge on any atom is 0.400 e. The first kappa shape index (κ1) is 25.3. The molecule has 1 fully saturated rings. The Morgan fingerprint density at radius 2 is 1.61 bits per heavy atom. The van der Waals surface area contributed by atoms with Gasteiger partial charge in [0.1, 0.15) is 12.2 Å². The number of hydrogen-bond acceptors (Lipinski definition) is 7. The number of hydrogen-bond donors (Lipinski definition) is 1. The predicted octanol–water partition coefficient (Wildman–Crippen LogP) is 4.03. The minimum absolute atomic E-state index is 0.152. The monoisotopic (exact) mass is 422 g/mol. The molecule has 0 aromatic rings. The van der Waals surface area contributed by atoms with Gasteiger partial charge in [-0.2, -0.15) is 8.42 Å². The Morgan fingerprint density at radius 1 is 0.964 bits per heavy atom. The van der Waals surface area contributed by atoms with Gasteiger partial charge in [0.15, 0.2) is 0 Å². The fraction of sp³-hybridized carbons (Fsp3) is 0.950. The molecule has 1 N–H and O–H groups in total. The third-order valence-electron chi connectivity index (χ3n) is 4.97. The minimum atomic E-state index is -3.95. The average Bonchev–Trinajstić information content (AvgIpc) is 2.91. The molecule has 2 unspecified atom stereocenters. The van der Waals surface area contributed by atoms with Crippen molar-refractivity contribution < 1.29 is 31.4 Å². The summed E-state index contributed by atoms with van der Waals surface area (Å²) in [5.74, 6) is -0.152. The Hall–Kier alpha value is -0.700. The van der Waals surface area contributed by atoms with Crippen LogP contribution in [0.5, 0.6) is 0 Å². The van der Waals surface area contributed by atoms with Gasteiger partial charge in [-0.1, -0.05) is 58.3 Å². The number of rotatable bonds is 16. The molecule has 3 atom stereocenters. The molecule has 0 spiro atoms. The van der Waals surface area contributed by atoms with Crippen LogP contribution in [-0.4, -0.2) is 44.4 Å². The molecule has 1 saturated heterocycles. The van der Waals surface area contributed by atoms with Crippen LogP contribution >= 0.6 is 0 Å². The van der Waals surface area contributed by atoms with Gasteiger partial charge in [0.2, 0.25) is 0 Å². The summed E-state index contributed by atoms with van der Waals surface area (Å²) in [7, 11) is -3.95. The fourth-order valence-electron chi connectivity index (χ4n) is 3.45. The number of esters is 1. The second kappa shape index (κ2) is 14.3. The molecule has 0 saturated carbocycles. The van der Waals surface area contributed by atoms with Gasteiger partial charge in [0.05, 0.1) is 12.7 Å². The number of ether oxygens (including phenoxy) is 1. The molecule has 7 nitrogen and oxygen atoms in total. The molecule has 28 heavy (non-hydrogen) atoms. The molecule has 0 aromatic carbocycles. The van der Waals surface area contributed by atoms with E-state index in [4.69, 9.17) is 13.1 Å².